The van der Waals surface area contributed by atoms with Gasteiger partial charge in [-0.1, -0.05) is 96.1 Å². The minimum atomic E-state index is 0.696. The molecule has 0 aromatic carbocycles. The third-order valence-corrected chi connectivity index (χ3v) is 5.60. The highest BCUT2D eigenvalue weighted by atomic mass is 16.1. The van der Waals surface area contributed by atoms with E-state index in [1.165, 1.54) is 115 Å². The smallest absolute Gasteiger partial charge is 0.166 e. The molecule has 0 aliphatic rings. The maximum Gasteiger partial charge on any atom is 0.166 e. The van der Waals surface area contributed by atoms with Crippen LogP contribution in [-0.2, 0) is 6.42 Å². The minimum Gasteiger partial charge on any atom is -0.356 e. The quantitative estimate of drug-likeness (QED) is 0.136. The van der Waals surface area contributed by atoms with E-state index >= 15 is 0 Å². The Labute approximate surface area is 174 Å². The van der Waals surface area contributed by atoms with Crippen molar-refractivity contribution >= 4 is 6.29 Å². The summed E-state index contributed by atoms with van der Waals surface area (Å²) >= 11 is 0. The molecule has 2 heteroatoms. The van der Waals surface area contributed by atoms with Gasteiger partial charge in [-0.05, 0) is 50.7 Å². The number of allylic oxidation sites excluding steroid dienone is 2. The van der Waals surface area contributed by atoms with Crippen LogP contribution < -0.4 is 0 Å². The van der Waals surface area contributed by atoms with E-state index in [1.54, 1.807) is 0 Å². The lowest BCUT2D eigenvalue weighted by Gasteiger charge is -2.01. The van der Waals surface area contributed by atoms with Gasteiger partial charge in [0.05, 0.1) is 5.69 Å². The molecule has 0 fully saturated rings. The van der Waals surface area contributed by atoms with Gasteiger partial charge in [-0.25, -0.2) is 0 Å². The summed E-state index contributed by atoms with van der Waals surface area (Å²) in [4.78, 5) is 13.8. The van der Waals surface area contributed by atoms with Gasteiger partial charge in [-0.2, -0.15) is 0 Å². The maximum atomic E-state index is 10.6. The first kappa shape index (κ1) is 24.7. The monoisotopic (exact) mass is 387 g/mol. The molecule has 2 nitrogen and oxygen atoms in total. The Morgan fingerprint density at radius 1 is 0.679 bits per heavy atom. The SMILES string of the molecule is CCCCCCCCCC/C=C/CCCCCCCCCc1ccc(C=O)[nH]1. The van der Waals surface area contributed by atoms with Crippen molar-refractivity contribution in [3.05, 3.63) is 35.7 Å². The molecule has 0 unspecified atom stereocenters. The van der Waals surface area contributed by atoms with E-state index in [9.17, 15) is 4.79 Å². The lowest BCUT2D eigenvalue weighted by Crippen LogP contribution is -1.88. The summed E-state index contributed by atoms with van der Waals surface area (Å²) in [5.41, 5.74) is 1.89. The molecule has 0 aliphatic heterocycles. The summed E-state index contributed by atoms with van der Waals surface area (Å²) in [6, 6.07) is 3.90. The Kier molecular flexibility index (Phi) is 16.8. The van der Waals surface area contributed by atoms with Crippen molar-refractivity contribution in [1.29, 1.82) is 0 Å². The van der Waals surface area contributed by atoms with Gasteiger partial charge in [0.1, 0.15) is 0 Å². The number of hydrogen-bond donors (Lipinski definition) is 1. The minimum absolute atomic E-state index is 0.696. The number of aldehydes is 1. The van der Waals surface area contributed by atoms with Gasteiger partial charge < -0.3 is 4.98 Å². The van der Waals surface area contributed by atoms with Gasteiger partial charge in [0.15, 0.2) is 6.29 Å². The second-order valence-electron chi connectivity index (χ2n) is 8.31. The van der Waals surface area contributed by atoms with E-state index in [-0.39, 0.29) is 0 Å². The summed E-state index contributed by atoms with van der Waals surface area (Å²) in [5, 5.41) is 0. The highest BCUT2D eigenvalue weighted by molar-refractivity contribution is 5.71. The lowest BCUT2D eigenvalue weighted by molar-refractivity contribution is 0.111. The summed E-state index contributed by atoms with van der Waals surface area (Å²) in [5.74, 6) is 0. The van der Waals surface area contributed by atoms with Crippen molar-refractivity contribution in [3.63, 3.8) is 0 Å². The Hall–Kier alpha value is -1.31. The second-order valence-corrected chi connectivity index (χ2v) is 8.31. The third kappa shape index (κ3) is 14.7. The average molecular weight is 388 g/mol. The molecule has 0 saturated heterocycles. The first-order chi connectivity index (χ1) is 13.9. The van der Waals surface area contributed by atoms with Crippen LogP contribution in [-0.4, -0.2) is 11.3 Å². The van der Waals surface area contributed by atoms with Gasteiger partial charge in [-0.15, -0.1) is 0 Å². The third-order valence-electron chi connectivity index (χ3n) is 5.60. The molecular formula is C26H45NO. The van der Waals surface area contributed by atoms with Crippen LogP contribution in [0.5, 0.6) is 0 Å². The number of H-pyrrole nitrogens is 1. The van der Waals surface area contributed by atoms with Crippen molar-refractivity contribution in [2.45, 2.75) is 122 Å². The predicted octanol–water partition coefficient (Wildman–Crippen LogP) is 8.58. The molecule has 1 aromatic rings. The molecule has 160 valence electrons. The molecule has 1 rings (SSSR count). The van der Waals surface area contributed by atoms with Gasteiger partial charge in [-0.3, -0.25) is 4.79 Å². The summed E-state index contributed by atoms with van der Waals surface area (Å²) < 4.78 is 0. The van der Waals surface area contributed by atoms with Crippen LogP contribution in [0.15, 0.2) is 24.3 Å². The zero-order valence-corrected chi connectivity index (χ0v) is 18.5. The fourth-order valence-corrected chi connectivity index (χ4v) is 3.77. The Bertz CT molecular complexity index is 488. The van der Waals surface area contributed by atoms with Crippen molar-refractivity contribution in [2.24, 2.45) is 0 Å². The number of carbonyl (C=O) groups is 1. The predicted molar refractivity (Wildman–Crippen MR) is 123 cm³/mol. The van der Waals surface area contributed by atoms with Gasteiger partial charge in [0, 0.05) is 5.69 Å². The number of carbonyl (C=O) groups excluding carboxylic acids is 1. The van der Waals surface area contributed by atoms with E-state index in [4.69, 9.17) is 0 Å². The largest absolute Gasteiger partial charge is 0.356 e. The van der Waals surface area contributed by atoms with Crippen LogP contribution in [0, 0.1) is 0 Å². The topological polar surface area (TPSA) is 32.9 Å². The maximum absolute atomic E-state index is 10.6. The van der Waals surface area contributed by atoms with Gasteiger partial charge in [0.2, 0.25) is 0 Å². The number of aromatic amines is 1. The van der Waals surface area contributed by atoms with Crippen LogP contribution in [0.4, 0.5) is 0 Å². The van der Waals surface area contributed by atoms with Crippen LogP contribution in [0.25, 0.3) is 0 Å². The van der Waals surface area contributed by atoms with Gasteiger partial charge >= 0.3 is 0 Å². The molecule has 1 heterocycles. The molecule has 0 aliphatic carbocycles. The molecule has 0 amide bonds. The normalized spacial score (nSPS) is 11.5. The molecule has 0 saturated carbocycles. The number of aryl methyl sites for hydroxylation is 1. The zero-order chi connectivity index (χ0) is 20.1. The van der Waals surface area contributed by atoms with E-state index in [2.05, 4.69) is 24.1 Å². The Balaban J connectivity index is 1.75. The Morgan fingerprint density at radius 3 is 1.68 bits per heavy atom. The van der Waals surface area contributed by atoms with Gasteiger partial charge in [0.25, 0.3) is 0 Å². The highest BCUT2D eigenvalue weighted by Crippen LogP contribution is 2.12. The van der Waals surface area contributed by atoms with E-state index < -0.39 is 0 Å². The molecule has 0 atom stereocenters. The number of aromatic nitrogens is 1. The molecule has 1 N–H and O–H groups in total. The molecule has 1 aromatic heterocycles. The summed E-state index contributed by atoms with van der Waals surface area (Å²) in [7, 11) is 0. The number of unbranched alkanes of at least 4 members (excludes halogenated alkanes) is 15. The molecule has 0 spiro atoms. The van der Waals surface area contributed by atoms with E-state index in [0.717, 1.165) is 12.7 Å². The first-order valence-corrected chi connectivity index (χ1v) is 12.1. The van der Waals surface area contributed by atoms with Crippen molar-refractivity contribution in [2.75, 3.05) is 0 Å². The zero-order valence-electron chi connectivity index (χ0n) is 18.5. The van der Waals surface area contributed by atoms with Crippen LogP contribution in [0.3, 0.4) is 0 Å². The molecule has 0 bridgehead atoms. The standard InChI is InChI=1S/C26H45NO/c1-2-3-4-5-6-7-8-9-10-11-12-13-14-15-16-17-18-19-20-21-25-22-23-26(24-28)27-25/h11-12,22-24,27H,2-10,13-21H2,1H3/b12-11+. The molecular weight excluding hydrogens is 342 g/mol. The van der Waals surface area contributed by atoms with E-state index in [1.807, 2.05) is 12.1 Å². The van der Waals surface area contributed by atoms with Crippen LogP contribution in [0.1, 0.15) is 132 Å². The number of rotatable bonds is 20. The highest BCUT2D eigenvalue weighted by Gasteiger charge is 1.98. The second kappa shape index (κ2) is 19.0. The fraction of sp³-hybridized carbons (Fsp3) is 0.731. The van der Waals surface area contributed by atoms with E-state index in [0.29, 0.717) is 5.69 Å². The molecule has 0 radical (unpaired) electrons. The lowest BCUT2D eigenvalue weighted by atomic mass is 10.1. The van der Waals surface area contributed by atoms with Crippen LogP contribution >= 0.6 is 0 Å². The van der Waals surface area contributed by atoms with Crippen molar-refractivity contribution in [3.8, 4) is 0 Å². The summed E-state index contributed by atoms with van der Waals surface area (Å²) in [6.45, 7) is 2.28. The van der Waals surface area contributed by atoms with Crippen molar-refractivity contribution in [1.82, 2.24) is 4.98 Å². The number of hydrogen-bond acceptors (Lipinski definition) is 1. The van der Waals surface area contributed by atoms with Crippen molar-refractivity contribution < 1.29 is 4.79 Å². The van der Waals surface area contributed by atoms with Crippen LogP contribution in [0.2, 0.25) is 0 Å². The average Bonchev–Trinajstić information content (AvgIpc) is 3.18. The summed E-state index contributed by atoms with van der Waals surface area (Å²) in [6.07, 6.45) is 30.0. The fourth-order valence-electron chi connectivity index (χ4n) is 3.77. The molecule has 28 heavy (non-hydrogen) atoms. The first-order valence-electron chi connectivity index (χ1n) is 12.1. The Morgan fingerprint density at radius 2 is 1.18 bits per heavy atom. The number of nitrogens with one attached hydrogen (secondary N) is 1.